The van der Waals surface area contributed by atoms with E-state index < -0.39 is 23.8 Å². The van der Waals surface area contributed by atoms with Gasteiger partial charge in [0, 0.05) is 59.8 Å². The molecule has 0 bridgehead atoms. The molecule has 9 nitrogen and oxygen atoms in total. The van der Waals surface area contributed by atoms with Crippen molar-refractivity contribution in [3.05, 3.63) is 114 Å². The summed E-state index contributed by atoms with van der Waals surface area (Å²) in [5.41, 5.74) is 4.45. The number of aliphatic hydroxyl groups is 1. The fourth-order valence-electron chi connectivity index (χ4n) is 4.94. The van der Waals surface area contributed by atoms with E-state index in [9.17, 15) is 14.3 Å². The number of hydrogen-bond acceptors (Lipinski definition) is 7. The quantitative estimate of drug-likeness (QED) is 0.272. The molecule has 42 heavy (non-hydrogen) atoms. The topological polar surface area (TPSA) is 95.2 Å². The van der Waals surface area contributed by atoms with Crippen molar-refractivity contribution in [1.29, 1.82) is 0 Å². The molecular formula is C31H26F2N6O3. The smallest absolute Gasteiger partial charge is 0.258 e. The minimum atomic E-state index is -1.33. The van der Waals surface area contributed by atoms with E-state index in [1.165, 1.54) is 41.4 Å². The first-order valence-corrected chi connectivity index (χ1v) is 13.1. The molecule has 1 unspecified atom stereocenters. The number of aromatic nitrogens is 3. The molecule has 1 amide bonds. The molecule has 11 heteroatoms. The van der Waals surface area contributed by atoms with Crippen molar-refractivity contribution < 1.29 is 23.4 Å². The van der Waals surface area contributed by atoms with Gasteiger partial charge in [0.1, 0.15) is 11.3 Å². The number of carbonyl (C=O) groups excluding carboxylic acids is 1. The van der Waals surface area contributed by atoms with Crippen LogP contribution in [0, 0.1) is 18.6 Å². The molecule has 2 N–H and O–H groups in total. The first kappa shape index (κ1) is 26.9. The van der Waals surface area contributed by atoms with Crippen LogP contribution in [0.5, 0.6) is 11.5 Å². The number of amides is 1. The van der Waals surface area contributed by atoms with Crippen LogP contribution in [0.15, 0.2) is 96.6 Å². The van der Waals surface area contributed by atoms with Gasteiger partial charge in [-0.1, -0.05) is 6.07 Å². The number of hydrazine groups is 1. The van der Waals surface area contributed by atoms with E-state index >= 15 is 4.39 Å². The lowest BCUT2D eigenvalue weighted by molar-refractivity contribution is -0.113. The van der Waals surface area contributed by atoms with Crippen LogP contribution in [0.4, 0.5) is 20.2 Å². The largest absolute Gasteiger partial charge is 0.452 e. The summed E-state index contributed by atoms with van der Waals surface area (Å²) in [5, 5.41) is 21.0. The summed E-state index contributed by atoms with van der Waals surface area (Å²) in [6.07, 6.45) is 3.77. The van der Waals surface area contributed by atoms with Crippen molar-refractivity contribution in [3.63, 3.8) is 0 Å². The van der Waals surface area contributed by atoms with Crippen molar-refractivity contribution in [2.24, 2.45) is 0 Å². The Morgan fingerprint density at radius 1 is 1.00 bits per heavy atom. The molecule has 2 aromatic carbocycles. The summed E-state index contributed by atoms with van der Waals surface area (Å²) in [5.74, 6) is -1.38. The SMILES string of the molecule is CC1=C(C(=O)Nc2ccc(Oc3ccnn4ccc(-c5ccc(C)nc5)c34)c(F)c2)C(O)N(c2ccc(F)cc2)N1C. The van der Waals surface area contributed by atoms with Gasteiger partial charge < -0.3 is 15.2 Å². The standard InChI is InChI=1S/C31H26F2N6O3/c1-18-4-5-20(17-34-18)24-13-15-38-29(24)27(12-14-35-38)42-26-11-8-22(16-25(26)33)36-30(40)28-19(2)37(3)39(31(28)41)23-9-6-21(32)7-10-23/h4-17,31,41H,1-3H3,(H,36,40). The highest BCUT2D eigenvalue weighted by atomic mass is 19.1. The van der Waals surface area contributed by atoms with E-state index in [0.29, 0.717) is 22.7 Å². The molecule has 0 spiro atoms. The monoisotopic (exact) mass is 568 g/mol. The van der Waals surface area contributed by atoms with E-state index in [2.05, 4.69) is 15.4 Å². The highest BCUT2D eigenvalue weighted by Crippen LogP contribution is 2.36. The van der Waals surface area contributed by atoms with Crippen LogP contribution in [0.1, 0.15) is 12.6 Å². The first-order valence-electron chi connectivity index (χ1n) is 13.1. The Hall–Kier alpha value is -5.29. The molecule has 0 saturated heterocycles. The van der Waals surface area contributed by atoms with Crippen molar-refractivity contribution in [1.82, 2.24) is 19.6 Å². The number of aryl methyl sites for hydroxylation is 1. The number of rotatable bonds is 6. The van der Waals surface area contributed by atoms with Crippen LogP contribution >= 0.6 is 0 Å². The molecule has 6 rings (SSSR count). The van der Waals surface area contributed by atoms with Crippen LogP contribution < -0.4 is 15.1 Å². The Morgan fingerprint density at radius 3 is 2.50 bits per heavy atom. The van der Waals surface area contributed by atoms with Crippen LogP contribution in [-0.2, 0) is 4.79 Å². The number of nitrogens with zero attached hydrogens (tertiary/aromatic N) is 5. The number of aliphatic hydroxyl groups excluding tert-OH is 1. The summed E-state index contributed by atoms with van der Waals surface area (Å²) in [6, 6.07) is 17.0. The molecular weight excluding hydrogens is 542 g/mol. The average Bonchev–Trinajstić information content (AvgIpc) is 3.50. The minimum Gasteiger partial charge on any atom is -0.452 e. The molecule has 4 heterocycles. The van der Waals surface area contributed by atoms with E-state index in [1.807, 2.05) is 25.1 Å². The summed E-state index contributed by atoms with van der Waals surface area (Å²) in [4.78, 5) is 17.6. The summed E-state index contributed by atoms with van der Waals surface area (Å²) >= 11 is 0. The zero-order valence-electron chi connectivity index (χ0n) is 22.9. The molecule has 1 aliphatic heterocycles. The molecule has 1 aliphatic rings. The third-order valence-electron chi connectivity index (χ3n) is 7.17. The van der Waals surface area contributed by atoms with Gasteiger partial charge >= 0.3 is 0 Å². The Labute approximate surface area is 239 Å². The molecule has 1 atom stereocenters. The zero-order valence-corrected chi connectivity index (χ0v) is 22.9. The van der Waals surface area contributed by atoms with Gasteiger partial charge in [-0.3, -0.25) is 19.8 Å². The molecule has 0 radical (unpaired) electrons. The molecule has 212 valence electrons. The van der Waals surface area contributed by atoms with Crippen LogP contribution in [-0.4, -0.2) is 43.9 Å². The predicted molar refractivity (Wildman–Crippen MR) is 154 cm³/mol. The number of fused-ring (bicyclic) bond motifs is 1. The lowest BCUT2D eigenvalue weighted by atomic mass is 10.1. The molecule has 0 saturated carbocycles. The molecule has 0 fully saturated rings. The van der Waals surface area contributed by atoms with Gasteiger partial charge in [-0.25, -0.2) is 13.3 Å². The van der Waals surface area contributed by atoms with Crippen molar-refractivity contribution in [3.8, 4) is 22.6 Å². The van der Waals surface area contributed by atoms with Gasteiger partial charge in [0.05, 0.1) is 17.5 Å². The van der Waals surface area contributed by atoms with Gasteiger partial charge in [0.2, 0.25) is 0 Å². The molecule has 0 aliphatic carbocycles. The number of allylic oxidation sites excluding steroid dienone is 1. The number of anilines is 2. The van der Waals surface area contributed by atoms with Crippen molar-refractivity contribution >= 4 is 22.8 Å². The Balaban J connectivity index is 1.22. The second-order valence-corrected chi connectivity index (χ2v) is 9.83. The third-order valence-corrected chi connectivity index (χ3v) is 7.17. The molecule has 5 aromatic rings. The highest BCUT2D eigenvalue weighted by molar-refractivity contribution is 6.05. The maximum atomic E-state index is 15.3. The minimum absolute atomic E-state index is 0.0474. The maximum absolute atomic E-state index is 15.3. The van der Waals surface area contributed by atoms with E-state index in [0.717, 1.165) is 22.9 Å². The van der Waals surface area contributed by atoms with Crippen molar-refractivity contribution in [2.45, 2.75) is 20.1 Å². The second-order valence-electron chi connectivity index (χ2n) is 9.83. The highest BCUT2D eigenvalue weighted by Gasteiger charge is 2.38. The number of halogens is 2. The van der Waals surface area contributed by atoms with Crippen molar-refractivity contribution in [2.75, 3.05) is 17.4 Å². The molecule has 3 aromatic heterocycles. The summed E-state index contributed by atoms with van der Waals surface area (Å²) in [7, 11) is 1.68. The second kappa shape index (κ2) is 10.6. The van der Waals surface area contributed by atoms with E-state index in [-0.39, 0.29) is 17.0 Å². The summed E-state index contributed by atoms with van der Waals surface area (Å²) < 4.78 is 36.3. The van der Waals surface area contributed by atoms with Gasteiger partial charge in [0.15, 0.2) is 23.5 Å². The van der Waals surface area contributed by atoms with Crippen LogP contribution in [0.2, 0.25) is 0 Å². The lowest BCUT2D eigenvalue weighted by Crippen LogP contribution is -2.41. The van der Waals surface area contributed by atoms with Crippen LogP contribution in [0.3, 0.4) is 0 Å². The van der Waals surface area contributed by atoms with E-state index in [4.69, 9.17) is 4.74 Å². The number of ether oxygens (including phenoxy) is 1. The fourth-order valence-corrected chi connectivity index (χ4v) is 4.94. The normalized spacial score (nSPS) is 15.0. The van der Waals surface area contributed by atoms with Gasteiger partial charge in [0.25, 0.3) is 5.91 Å². The average molecular weight is 569 g/mol. The van der Waals surface area contributed by atoms with Gasteiger partial charge in [-0.15, -0.1) is 0 Å². The third kappa shape index (κ3) is 4.79. The van der Waals surface area contributed by atoms with E-state index in [1.54, 1.807) is 48.2 Å². The fraction of sp³-hybridized carbons (Fsp3) is 0.129. The first-order chi connectivity index (χ1) is 20.2. The van der Waals surface area contributed by atoms with Crippen LogP contribution in [0.25, 0.3) is 16.6 Å². The Kier molecular flexibility index (Phi) is 6.79. The van der Waals surface area contributed by atoms with Gasteiger partial charge in [-0.05, 0) is 62.4 Å². The summed E-state index contributed by atoms with van der Waals surface area (Å²) in [6.45, 7) is 3.58. The number of nitrogens with one attached hydrogen (secondary N) is 1. The number of carbonyl (C=O) groups is 1. The Morgan fingerprint density at radius 2 is 1.79 bits per heavy atom. The zero-order chi connectivity index (χ0) is 29.5. The Bertz CT molecular complexity index is 1840. The van der Waals surface area contributed by atoms with Gasteiger partial charge in [-0.2, -0.15) is 5.10 Å². The number of hydrogen-bond donors (Lipinski definition) is 2. The predicted octanol–water partition coefficient (Wildman–Crippen LogP) is 5.67. The maximum Gasteiger partial charge on any atom is 0.258 e. The number of pyridine rings is 1. The number of benzene rings is 2. The lowest BCUT2D eigenvalue weighted by Gasteiger charge is -2.31.